The van der Waals surface area contributed by atoms with Gasteiger partial charge in [-0.1, -0.05) is 13.0 Å². The Morgan fingerprint density at radius 3 is 3.11 bits per heavy atom. The highest BCUT2D eigenvalue weighted by atomic mass is 16.5. The highest BCUT2D eigenvalue weighted by Crippen LogP contribution is 2.17. The van der Waals surface area contributed by atoms with Crippen molar-refractivity contribution < 1.29 is 9.53 Å². The Balaban J connectivity index is 1.99. The number of carbonyl (C=O) groups excluding carboxylic acids is 1. The summed E-state index contributed by atoms with van der Waals surface area (Å²) in [5.41, 5.74) is 7.01. The second-order valence-corrected chi connectivity index (χ2v) is 5.01. The zero-order chi connectivity index (χ0) is 13.7. The third-order valence-electron chi connectivity index (χ3n) is 3.36. The van der Waals surface area contributed by atoms with Crippen molar-refractivity contribution in [2.75, 3.05) is 25.4 Å². The van der Waals surface area contributed by atoms with Gasteiger partial charge in [0.05, 0.1) is 6.10 Å². The third-order valence-corrected chi connectivity index (χ3v) is 3.36. The molecule has 0 aromatic heterocycles. The van der Waals surface area contributed by atoms with E-state index in [4.69, 9.17) is 10.5 Å². The number of nitrogen functional groups attached to an aromatic ring is 1. The fourth-order valence-electron chi connectivity index (χ4n) is 2.40. The molecule has 1 aromatic rings. The van der Waals surface area contributed by atoms with Gasteiger partial charge in [-0.2, -0.15) is 0 Å². The van der Waals surface area contributed by atoms with E-state index in [1.54, 1.807) is 12.1 Å². The molecule has 0 bridgehead atoms. The number of nitrogens with two attached hydrogens (primary N) is 1. The quantitative estimate of drug-likeness (QED) is 0.847. The Hall–Kier alpha value is -1.55. The van der Waals surface area contributed by atoms with Crippen LogP contribution in [0.1, 0.15) is 36.5 Å². The largest absolute Gasteiger partial charge is 0.399 e. The van der Waals surface area contributed by atoms with Gasteiger partial charge in [-0.15, -0.1) is 0 Å². The summed E-state index contributed by atoms with van der Waals surface area (Å²) in [5, 5.41) is 0. The molecule has 1 amide bonds. The van der Waals surface area contributed by atoms with E-state index in [1.165, 1.54) is 0 Å². The van der Waals surface area contributed by atoms with Crippen LogP contribution in [0.2, 0.25) is 0 Å². The minimum Gasteiger partial charge on any atom is -0.399 e. The molecular formula is C15H22N2O2. The number of piperidine rings is 1. The van der Waals surface area contributed by atoms with E-state index < -0.39 is 0 Å². The molecule has 1 aromatic carbocycles. The average molecular weight is 262 g/mol. The van der Waals surface area contributed by atoms with E-state index in [0.717, 1.165) is 32.4 Å². The standard InChI is InChI=1S/C15H22N2O2/c1-2-9-19-14-7-4-8-17(11-14)15(18)12-5-3-6-13(16)10-12/h3,5-6,10,14H,2,4,7-9,11,16H2,1H3. The molecule has 19 heavy (non-hydrogen) atoms. The van der Waals surface area contributed by atoms with E-state index in [1.807, 2.05) is 17.0 Å². The Morgan fingerprint density at radius 2 is 2.37 bits per heavy atom. The molecule has 1 aliphatic rings. The van der Waals surface area contributed by atoms with Gasteiger partial charge in [0, 0.05) is 30.9 Å². The van der Waals surface area contributed by atoms with E-state index >= 15 is 0 Å². The minimum atomic E-state index is 0.0529. The molecule has 4 heteroatoms. The van der Waals surface area contributed by atoms with Gasteiger partial charge in [-0.05, 0) is 37.5 Å². The van der Waals surface area contributed by atoms with Crippen LogP contribution < -0.4 is 5.73 Å². The SMILES string of the molecule is CCCOC1CCCN(C(=O)c2cccc(N)c2)C1. The minimum absolute atomic E-state index is 0.0529. The molecule has 4 nitrogen and oxygen atoms in total. The fraction of sp³-hybridized carbons (Fsp3) is 0.533. The Labute approximate surface area is 114 Å². The molecule has 1 atom stereocenters. The fourth-order valence-corrected chi connectivity index (χ4v) is 2.40. The number of hydrogen-bond donors (Lipinski definition) is 1. The molecule has 0 saturated carbocycles. The topological polar surface area (TPSA) is 55.6 Å². The van der Waals surface area contributed by atoms with Gasteiger partial charge in [0.2, 0.25) is 0 Å². The smallest absolute Gasteiger partial charge is 0.254 e. The van der Waals surface area contributed by atoms with Crippen molar-refractivity contribution in [1.29, 1.82) is 0 Å². The zero-order valence-electron chi connectivity index (χ0n) is 11.5. The van der Waals surface area contributed by atoms with Gasteiger partial charge >= 0.3 is 0 Å². The summed E-state index contributed by atoms with van der Waals surface area (Å²) in [4.78, 5) is 14.3. The lowest BCUT2D eigenvalue weighted by molar-refractivity contribution is 0.00211. The van der Waals surface area contributed by atoms with Gasteiger partial charge in [0.25, 0.3) is 5.91 Å². The van der Waals surface area contributed by atoms with E-state index in [2.05, 4.69) is 6.92 Å². The summed E-state index contributed by atoms with van der Waals surface area (Å²) in [5.74, 6) is 0.0529. The number of likely N-dealkylation sites (tertiary alicyclic amines) is 1. The van der Waals surface area contributed by atoms with E-state index in [0.29, 0.717) is 17.8 Å². The van der Waals surface area contributed by atoms with Crippen LogP contribution in [0, 0.1) is 0 Å². The summed E-state index contributed by atoms with van der Waals surface area (Å²) in [6.07, 6.45) is 3.24. The summed E-state index contributed by atoms with van der Waals surface area (Å²) < 4.78 is 5.75. The van der Waals surface area contributed by atoms with Crippen molar-refractivity contribution >= 4 is 11.6 Å². The van der Waals surface area contributed by atoms with Gasteiger partial charge < -0.3 is 15.4 Å². The lowest BCUT2D eigenvalue weighted by Gasteiger charge is -2.32. The maximum atomic E-state index is 12.4. The molecule has 2 N–H and O–H groups in total. The second kappa shape index (κ2) is 6.57. The maximum absolute atomic E-state index is 12.4. The molecule has 0 aliphatic carbocycles. The number of nitrogens with zero attached hydrogens (tertiary/aromatic N) is 1. The molecule has 1 heterocycles. The first-order chi connectivity index (χ1) is 9.20. The molecule has 0 spiro atoms. The number of ether oxygens (including phenoxy) is 1. The third kappa shape index (κ3) is 3.70. The number of carbonyl (C=O) groups is 1. The van der Waals surface area contributed by atoms with Crippen molar-refractivity contribution in [3.8, 4) is 0 Å². The van der Waals surface area contributed by atoms with E-state index in [-0.39, 0.29) is 12.0 Å². The first-order valence-electron chi connectivity index (χ1n) is 6.97. The van der Waals surface area contributed by atoms with Crippen LogP contribution in [-0.2, 0) is 4.74 Å². The number of anilines is 1. The highest BCUT2D eigenvalue weighted by Gasteiger charge is 2.24. The first-order valence-corrected chi connectivity index (χ1v) is 6.97. The molecular weight excluding hydrogens is 240 g/mol. The predicted octanol–water partition coefficient (Wildman–Crippen LogP) is 2.30. The van der Waals surface area contributed by atoms with Gasteiger partial charge in [-0.3, -0.25) is 4.79 Å². The molecule has 2 rings (SSSR count). The Bertz CT molecular complexity index is 434. The van der Waals surface area contributed by atoms with Crippen molar-refractivity contribution in [3.63, 3.8) is 0 Å². The van der Waals surface area contributed by atoms with Crippen LogP contribution in [0.25, 0.3) is 0 Å². The summed E-state index contributed by atoms with van der Waals surface area (Å²) >= 11 is 0. The zero-order valence-corrected chi connectivity index (χ0v) is 11.5. The van der Waals surface area contributed by atoms with Crippen molar-refractivity contribution in [2.45, 2.75) is 32.3 Å². The molecule has 1 unspecified atom stereocenters. The summed E-state index contributed by atoms with van der Waals surface area (Å²) in [6.45, 7) is 4.36. The number of hydrogen-bond acceptors (Lipinski definition) is 3. The van der Waals surface area contributed by atoms with Crippen LogP contribution in [0.5, 0.6) is 0 Å². The molecule has 1 saturated heterocycles. The molecule has 1 fully saturated rings. The second-order valence-electron chi connectivity index (χ2n) is 5.01. The highest BCUT2D eigenvalue weighted by molar-refractivity contribution is 5.95. The molecule has 104 valence electrons. The molecule has 0 radical (unpaired) electrons. The number of amides is 1. The lowest BCUT2D eigenvalue weighted by Crippen LogP contribution is -2.43. The Morgan fingerprint density at radius 1 is 1.53 bits per heavy atom. The van der Waals surface area contributed by atoms with Crippen molar-refractivity contribution in [2.24, 2.45) is 0 Å². The summed E-state index contributed by atoms with van der Waals surface area (Å²) in [6, 6.07) is 7.16. The monoisotopic (exact) mass is 262 g/mol. The van der Waals surface area contributed by atoms with Gasteiger partial charge in [0.15, 0.2) is 0 Å². The lowest BCUT2D eigenvalue weighted by atomic mass is 10.1. The number of rotatable bonds is 4. The van der Waals surface area contributed by atoms with Gasteiger partial charge in [0.1, 0.15) is 0 Å². The Kier molecular flexibility index (Phi) is 4.80. The van der Waals surface area contributed by atoms with Crippen LogP contribution in [0.4, 0.5) is 5.69 Å². The summed E-state index contributed by atoms with van der Waals surface area (Å²) in [7, 11) is 0. The van der Waals surface area contributed by atoms with Crippen molar-refractivity contribution in [3.05, 3.63) is 29.8 Å². The van der Waals surface area contributed by atoms with Crippen molar-refractivity contribution in [1.82, 2.24) is 4.90 Å². The molecule has 1 aliphatic heterocycles. The van der Waals surface area contributed by atoms with Crippen LogP contribution in [-0.4, -0.2) is 36.6 Å². The first kappa shape index (κ1) is 13.9. The average Bonchev–Trinajstić information content (AvgIpc) is 2.44. The van der Waals surface area contributed by atoms with Gasteiger partial charge in [-0.25, -0.2) is 0 Å². The van der Waals surface area contributed by atoms with Crippen LogP contribution in [0.15, 0.2) is 24.3 Å². The van der Waals surface area contributed by atoms with Crippen LogP contribution >= 0.6 is 0 Å². The van der Waals surface area contributed by atoms with E-state index in [9.17, 15) is 4.79 Å². The van der Waals surface area contributed by atoms with Crippen LogP contribution in [0.3, 0.4) is 0 Å². The number of benzene rings is 1. The maximum Gasteiger partial charge on any atom is 0.254 e. The normalized spacial score (nSPS) is 19.4. The predicted molar refractivity (Wildman–Crippen MR) is 76.0 cm³/mol.